The summed E-state index contributed by atoms with van der Waals surface area (Å²) in [6.45, 7) is 3.14. The van der Waals surface area contributed by atoms with Gasteiger partial charge >= 0.3 is 0 Å². The Balaban J connectivity index is 0.00000242. The van der Waals surface area contributed by atoms with Crippen LogP contribution >= 0.6 is 24.0 Å². The number of nitrogens with zero attached hydrogens (tertiary/aromatic N) is 1. The van der Waals surface area contributed by atoms with E-state index in [2.05, 4.69) is 10.2 Å². The zero-order valence-electron chi connectivity index (χ0n) is 12.5. The third-order valence-electron chi connectivity index (χ3n) is 3.82. The van der Waals surface area contributed by atoms with Gasteiger partial charge in [0.2, 0.25) is 5.91 Å². The van der Waals surface area contributed by atoms with Crippen LogP contribution in [0.25, 0.3) is 0 Å². The first-order valence-corrected chi connectivity index (χ1v) is 7.59. The summed E-state index contributed by atoms with van der Waals surface area (Å²) in [6, 6.07) is 4.43. The molecule has 1 aromatic rings. The number of carbonyl (C=O) groups excluding carboxylic acids is 1. The lowest BCUT2D eigenvalue weighted by atomic mass is 9.97. The van der Waals surface area contributed by atoms with Crippen LogP contribution < -0.4 is 11.1 Å². The molecule has 1 aromatic carbocycles. The Morgan fingerprint density at radius 1 is 1.55 bits per heavy atom. The third kappa shape index (κ3) is 5.09. The van der Waals surface area contributed by atoms with Gasteiger partial charge in [-0.3, -0.25) is 9.69 Å². The monoisotopic (exact) mass is 349 g/mol. The molecule has 0 aromatic heterocycles. The van der Waals surface area contributed by atoms with Gasteiger partial charge < -0.3 is 11.1 Å². The van der Waals surface area contributed by atoms with E-state index < -0.39 is 5.82 Å². The van der Waals surface area contributed by atoms with Crippen LogP contribution in [0.2, 0.25) is 5.02 Å². The van der Waals surface area contributed by atoms with Crippen LogP contribution in [0.4, 0.5) is 10.1 Å². The van der Waals surface area contributed by atoms with Crippen molar-refractivity contribution in [3.63, 3.8) is 0 Å². The van der Waals surface area contributed by atoms with Crippen LogP contribution in [0.5, 0.6) is 0 Å². The summed E-state index contributed by atoms with van der Waals surface area (Å²) in [6.07, 6.45) is 3.25. The van der Waals surface area contributed by atoms with Gasteiger partial charge in [-0.25, -0.2) is 4.39 Å². The van der Waals surface area contributed by atoms with Gasteiger partial charge in [-0.15, -0.1) is 12.4 Å². The van der Waals surface area contributed by atoms with Gasteiger partial charge in [0, 0.05) is 17.8 Å². The van der Waals surface area contributed by atoms with Crippen molar-refractivity contribution in [2.45, 2.75) is 38.3 Å². The van der Waals surface area contributed by atoms with Crippen molar-refractivity contribution in [2.75, 3.05) is 18.4 Å². The lowest BCUT2D eigenvalue weighted by molar-refractivity contribution is -0.118. The highest BCUT2D eigenvalue weighted by Crippen LogP contribution is 2.21. The predicted octanol–water partition coefficient (Wildman–Crippen LogP) is 3.04. The fourth-order valence-corrected chi connectivity index (χ4v) is 2.95. The average molecular weight is 350 g/mol. The van der Waals surface area contributed by atoms with Gasteiger partial charge in [0.1, 0.15) is 5.82 Å². The van der Waals surface area contributed by atoms with Crippen LogP contribution in [0.1, 0.15) is 26.2 Å². The molecule has 1 heterocycles. The number of nitrogens with two attached hydrogens (primary N) is 1. The average Bonchev–Trinajstić information content (AvgIpc) is 2.43. The van der Waals surface area contributed by atoms with Crippen molar-refractivity contribution < 1.29 is 9.18 Å². The summed E-state index contributed by atoms with van der Waals surface area (Å²) in [7, 11) is 0. The topological polar surface area (TPSA) is 58.4 Å². The van der Waals surface area contributed by atoms with Crippen molar-refractivity contribution in [2.24, 2.45) is 5.73 Å². The summed E-state index contributed by atoms with van der Waals surface area (Å²) in [5, 5.41) is 2.74. The number of rotatable bonds is 4. The Bertz CT molecular complexity index is 514. The smallest absolute Gasteiger partial charge is 0.238 e. The molecule has 0 aliphatic carbocycles. The van der Waals surface area contributed by atoms with Gasteiger partial charge in [-0.1, -0.05) is 18.0 Å². The summed E-state index contributed by atoms with van der Waals surface area (Å²) < 4.78 is 13.1. The van der Waals surface area contributed by atoms with E-state index in [9.17, 15) is 9.18 Å². The number of likely N-dealkylation sites (tertiary alicyclic amines) is 1. The number of hydrogen-bond acceptors (Lipinski definition) is 3. The van der Waals surface area contributed by atoms with E-state index in [1.807, 2.05) is 6.92 Å². The number of carbonyl (C=O) groups is 1. The Kier molecular flexibility index (Phi) is 7.56. The molecule has 2 unspecified atom stereocenters. The molecule has 4 nitrogen and oxygen atoms in total. The zero-order chi connectivity index (χ0) is 15.4. The minimum Gasteiger partial charge on any atom is -0.327 e. The molecule has 2 atom stereocenters. The predicted molar refractivity (Wildman–Crippen MR) is 90.1 cm³/mol. The zero-order valence-corrected chi connectivity index (χ0v) is 14.1. The minimum atomic E-state index is -0.497. The standard InChI is InChI=1S/C15H21ClFN3O.ClH/c1-10(18)14-4-2-3-7-20(14)9-15(21)19-11-5-6-13(17)12(16)8-11;/h5-6,8,10,14H,2-4,7,9,18H2,1H3,(H,19,21);1H. The SMILES string of the molecule is CC(N)C1CCCCN1CC(=O)Nc1ccc(F)c(Cl)c1.Cl. The van der Waals surface area contributed by atoms with E-state index in [-0.39, 0.29) is 35.4 Å². The number of amides is 1. The number of piperidine rings is 1. The van der Waals surface area contributed by atoms with Crippen LogP contribution in [0.15, 0.2) is 18.2 Å². The molecule has 0 saturated carbocycles. The van der Waals surface area contributed by atoms with E-state index in [0.29, 0.717) is 12.2 Å². The molecule has 0 radical (unpaired) electrons. The Morgan fingerprint density at radius 2 is 2.27 bits per heavy atom. The summed E-state index contributed by atoms with van der Waals surface area (Å²) in [5.74, 6) is -0.632. The molecular weight excluding hydrogens is 328 g/mol. The summed E-state index contributed by atoms with van der Waals surface area (Å²) in [5.41, 5.74) is 6.49. The summed E-state index contributed by atoms with van der Waals surface area (Å²) in [4.78, 5) is 14.2. The second-order valence-corrected chi connectivity index (χ2v) is 5.98. The first-order chi connectivity index (χ1) is 9.97. The van der Waals surface area contributed by atoms with E-state index in [0.717, 1.165) is 25.8 Å². The molecule has 1 amide bonds. The van der Waals surface area contributed by atoms with Crippen LogP contribution in [-0.2, 0) is 4.79 Å². The van der Waals surface area contributed by atoms with Gasteiger partial charge in [0.05, 0.1) is 11.6 Å². The second kappa shape index (κ2) is 8.67. The molecule has 1 aliphatic heterocycles. The van der Waals surface area contributed by atoms with E-state index >= 15 is 0 Å². The van der Waals surface area contributed by atoms with Crippen molar-refractivity contribution in [1.82, 2.24) is 4.90 Å². The van der Waals surface area contributed by atoms with E-state index in [1.165, 1.54) is 18.2 Å². The van der Waals surface area contributed by atoms with Crippen molar-refractivity contribution in [3.8, 4) is 0 Å². The van der Waals surface area contributed by atoms with Crippen LogP contribution in [0.3, 0.4) is 0 Å². The number of anilines is 1. The highest BCUT2D eigenvalue weighted by molar-refractivity contribution is 6.31. The molecule has 3 N–H and O–H groups in total. The Hall–Kier alpha value is -0.880. The van der Waals surface area contributed by atoms with Gasteiger partial charge in [-0.05, 0) is 44.5 Å². The highest BCUT2D eigenvalue weighted by atomic mass is 35.5. The first kappa shape index (κ1) is 19.2. The van der Waals surface area contributed by atoms with Gasteiger partial charge in [-0.2, -0.15) is 0 Å². The molecule has 0 bridgehead atoms. The van der Waals surface area contributed by atoms with Gasteiger partial charge in [0.15, 0.2) is 0 Å². The maximum atomic E-state index is 13.1. The number of halogens is 3. The lowest BCUT2D eigenvalue weighted by Gasteiger charge is -2.37. The van der Waals surface area contributed by atoms with Crippen LogP contribution in [0, 0.1) is 5.82 Å². The molecule has 1 aliphatic rings. The summed E-state index contributed by atoms with van der Waals surface area (Å²) >= 11 is 5.70. The number of benzene rings is 1. The maximum absolute atomic E-state index is 13.1. The molecule has 22 heavy (non-hydrogen) atoms. The van der Waals surface area contributed by atoms with Crippen molar-refractivity contribution >= 4 is 35.6 Å². The normalized spacial score (nSPS) is 20.1. The molecule has 0 spiro atoms. The quantitative estimate of drug-likeness (QED) is 0.878. The fourth-order valence-electron chi connectivity index (χ4n) is 2.77. The molecular formula is C15H22Cl2FN3O. The maximum Gasteiger partial charge on any atom is 0.238 e. The van der Waals surface area contributed by atoms with Crippen molar-refractivity contribution in [3.05, 3.63) is 29.0 Å². The second-order valence-electron chi connectivity index (χ2n) is 5.57. The third-order valence-corrected chi connectivity index (χ3v) is 4.11. The number of hydrogen-bond donors (Lipinski definition) is 2. The molecule has 1 fully saturated rings. The first-order valence-electron chi connectivity index (χ1n) is 7.22. The van der Waals surface area contributed by atoms with E-state index in [4.69, 9.17) is 17.3 Å². The lowest BCUT2D eigenvalue weighted by Crippen LogP contribution is -2.51. The van der Waals surface area contributed by atoms with Crippen LogP contribution in [-0.4, -0.2) is 36.0 Å². The van der Waals surface area contributed by atoms with Gasteiger partial charge in [0.25, 0.3) is 0 Å². The molecule has 7 heteroatoms. The molecule has 2 rings (SSSR count). The Labute approximate surface area is 141 Å². The fraction of sp³-hybridized carbons (Fsp3) is 0.533. The Morgan fingerprint density at radius 3 is 2.91 bits per heavy atom. The number of nitrogens with one attached hydrogen (secondary N) is 1. The van der Waals surface area contributed by atoms with Crippen molar-refractivity contribution in [1.29, 1.82) is 0 Å². The highest BCUT2D eigenvalue weighted by Gasteiger charge is 2.26. The molecule has 1 saturated heterocycles. The minimum absolute atomic E-state index is 0. The van der Waals surface area contributed by atoms with E-state index in [1.54, 1.807) is 0 Å². The molecule has 124 valence electrons. The largest absolute Gasteiger partial charge is 0.327 e.